The largest absolute Gasteiger partial charge is 0.294 e. The van der Waals surface area contributed by atoms with E-state index in [2.05, 4.69) is 66.9 Å². The summed E-state index contributed by atoms with van der Waals surface area (Å²) in [4.78, 5) is 4.79. The van der Waals surface area contributed by atoms with E-state index in [1.165, 1.54) is 46.2 Å². The van der Waals surface area contributed by atoms with E-state index in [0.717, 1.165) is 5.69 Å². The molecule has 2 aromatic rings. The third-order valence-electron chi connectivity index (χ3n) is 3.70. The van der Waals surface area contributed by atoms with E-state index in [1.807, 2.05) is 0 Å². The minimum atomic E-state index is 0.648. The van der Waals surface area contributed by atoms with E-state index < -0.39 is 0 Å². The monoisotopic (exact) mass is 370 g/mol. The molecule has 0 aliphatic rings. The van der Waals surface area contributed by atoms with E-state index in [4.69, 9.17) is 4.98 Å². The fraction of sp³-hybridized carbons (Fsp3) is 0.562. The Balaban J connectivity index is 2.60. The van der Waals surface area contributed by atoms with Crippen molar-refractivity contribution in [2.75, 3.05) is 0 Å². The van der Waals surface area contributed by atoms with Crippen LogP contribution in [-0.2, 0) is 0 Å². The minimum absolute atomic E-state index is 0.648. The molecule has 0 atom stereocenters. The molecule has 0 spiro atoms. The number of nitrogens with zero attached hydrogens (tertiary/aromatic N) is 2. The summed E-state index contributed by atoms with van der Waals surface area (Å²) in [6, 6.07) is 2.34. The van der Waals surface area contributed by atoms with Crippen LogP contribution in [-0.4, -0.2) is 9.38 Å². The molecule has 0 unspecified atom stereocenters. The summed E-state index contributed by atoms with van der Waals surface area (Å²) in [6.45, 7) is 8.83. The lowest BCUT2D eigenvalue weighted by atomic mass is 9.90. The van der Waals surface area contributed by atoms with Crippen molar-refractivity contribution in [1.29, 1.82) is 0 Å². The predicted molar refractivity (Wildman–Crippen MR) is 89.9 cm³/mol. The molecule has 2 aromatic heterocycles. The van der Waals surface area contributed by atoms with Gasteiger partial charge in [-0.3, -0.25) is 4.40 Å². The van der Waals surface area contributed by atoms with Crippen LogP contribution < -0.4 is 0 Å². The van der Waals surface area contributed by atoms with Gasteiger partial charge in [0.1, 0.15) is 9.35 Å². The van der Waals surface area contributed by atoms with Gasteiger partial charge in [-0.05, 0) is 66.3 Å². The number of aryl methyl sites for hydroxylation is 2. The fourth-order valence-electron chi connectivity index (χ4n) is 2.85. The van der Waals surface area contributed by atoms with E-state index in [-0.39, 0.29) is 0 Å². The molecule has 0 radical (unpaired) electrons. The molecule has 0 amide bonds. The van der Waals surface area contributed by atoms with Crippen LogP contribution >= 0.6 is 22.6 Å². The van der Waals surface area contributed by atoms with Crippen LogP contribution in [0.15, 0.2) is 12.3 Å². The van der Waals surface area contributed by atoms with Gasteiger partial charge in [0, 0.05) is 6.20 Å². The van der Waals surface area contributed by atoms with Gasteiger partial charge in [0.2, 0.25) is 0 Å². The van der Waals surface area contributed by atoms with Gasteiger partial charge in [-0.2, -0.15) is 0 Å². The Morgan fingerprint density at radius 1 is 1.21 bits per heavy atom. The number of aromatic nitrogens is 2. The molecule has 0 aliphatic heterocycles. The van der Waals surface area contributed by atoms with E-state index in [1.54, 1.807) is 0 Å². The summed E-state index contributed by atoms with van der Waals surface area (Å²) in [5.41, 5.74) is 5.07. The minimum Gasteiger partial charge on any atom is -0.294 e. The molecule has 0 saturated heterocycles. The summed E-state index contributed by atoms with van der Waals surface area (Å²) < 4.78 is 3.50. The van der Waals surface area contributed by atoms with Crippen LogP contribution in [0.3, 0.4) is 0 Å². The first kappa shape index (κ1) is 14.8. The first-order valence-electron chi connectivity index (χ1n) is 7.23. The lowest BCUT2D eigenvalue weighted by Gasteiger charge is -2.17. The third kappa shape index (κ3) is 2.96. The molecule has 0 aliphatic carbocycles. The second kappa shape index (κ2) is 6.25. The first-order valence-corrected chi connectivity index (χ1v) is 8.31. The normalized spacial score (nSPS) is 11.7. The van der Waals surface area contributed by atoms with E-state index in [0.29, 0.717) is 5.92 Å². The van der Waals surface area contributed by atoms with E-state index >= 15 is 0 Å². The van der Waals surface area contributed by atoms with Crippen LogP contribution in [0.25, 0.3) is 5.65 Å². The van der Waals surface area contributed by atoms with Crippen molar-refractivity contribution in [3.8, 4) is 0 Å². The predicted octanol–water partition coefficient (Wildman–Crippen LogP) is 5.24. The quantitative estimate of drug-likeness (QED) is 0.658. The standard InChI is InChI=1S/C16H23IN2/c1-5-7-13(8-6-2)14-9-11(3)10-19-15(17)12(4)18-16(14)19/h9-10,13H,5-8H2,1-4H3. The molecule has 2 rings (SSSR count). The second-order valence-electron chi connectivity index (χ2n) is 5.43. The molecule has 104 valence electrons. The smallest absolute Gasteiger partial charge is 0.141 e. The van der Waals surface area contributed by atoms with Crippen molar-refractivity contribution in [2.24, 2.45) is 0 Å². The number of imidazole rings is 1. The lowest BCUT2D eigenvalue weighted by molar-refractivity contribution is 0.561. The van der Waals surface area contributed by atoms with Gasteiger partial charge in [0.15, 0.2) is 0 Å². The second-order valence-corrected chi connectivity index (χ2v) is 6.45. The highest BCUT2D eigenvalue weighted by Crippen LogP contribution is 2.31. The average molecular weight is 370 g/mol. The maximum atomic E-state index is 4.79. The molecule has 19 heavy (non-hydrogen) atoms. The van der Waals surface area contributed by atoms with Crippen molar-refractivity contribution < 1.29 is 0 Å². The molecule has 0 saturated carbocycles. The van der Waals surface area contributed by atoms with Crippen LogP contribution in [0.5, 0.6) is 0 Å². The van der Waals surface area contributed by atoms with Crippen molar-refractivity contribution in [1.82, 2.24) is 9.38 Å². The molecule has 2 heterocycles. The van der Waals surface area contributed by atoms with Crippen molar-refractivity contribution in [3.63, 3.8) is 0 Å². The lowest BCUT2D eigenvalue weighted by Crippen LogP contribution is -2.03. The fourth-order valence-corrected chi connectivity index (χ4v) is 3.34. The average Bonchev–Trinajstić information content (AvgIpc) is 2.65. The number of rotatable bonds is 5. The maximum absolute atomic E-state index is 4.79. The molecule has 3 heteroatoms. The summed E-state index contributed by atoms with van der Waals surface area (Å²) in [5, 5.41) is 0. The zero-order chi connectivity index (χ0) is 14.0. The third-order valence-corrected chi connectivity index (χ3v) is 5.00. The summed E-state index contributed by atoms with van der Waals surface area (Å²) >= 11 is 2.40. The summed E-state index contributed by atoms with van der Waals surface area (Å²) in [6.07, 6.45) is 7.20. The SMILES string of the molecule is CCCC(CCC)c1cc(C)cn2c(I)c(C)nc12. The van der Waals surface area contributed by atoms with Crippen LogP contribution in [0.4, 0.5) is 0 Å². The Labute approximate surface area is 129 Å². The van der Waals surface area contributed by atoms with Gasteiger partial charge < -0.3 is 0 Å². The van der Waals surface area contributed by atoms with Gasteiger partial charge in [-0.25, -0.2) is 4.98 Å². The van der Waals surface area contributed by atoms with Crippen molar-refractivity contribution in [2.45, 2.75) is 59.3 Å². The zero-order valence-electron chi connectivity index (χ0n) is 12.3. The van der Waals surface area contributed by atoms with Gasteiger partial charge in [0.25, 0.3) is 0 Å². The zero-order valence-corrected chi connectivity index (χ0v) is 14.5. The highest BCUT2D eigenvalue weighted by atomic mass is 127. The Bertz CT molecular complexity index is 566. The van der Waals surface area contributed by atoms with Gasteiger partial charge in [-0.15, -0.1) is 0 Å². The summed E-state index contributed by atoms with van der Waals surface area (Å²) in [7, 11) is 0. The van der Waals surface area contributed by atoms with Crippen LogP contribution in [0.1, 0.15) is 62.3 Å². The Morgan fingerprint density at radius 3 is 2.42 bits per heavy atom. The Hall–Kier alpha value is -0.580. The number of halogens is 1. The van der Waals surface area contributed by atoms with Crippen molar-refractivity contribution >= 4 is 28.2 Å². The van der Waals surface area contributed by atoms with Gasteiger partial charge in [-0.1, -0.05) is 32.8 Å². The first-order chi connectivity index (χ1) is 9.08. The van der Waals surface area contributed by atoms with Crippen molar-refractivity contribution in [3.05, 3.63) is 32.8 Å². The molecule has 0 fully saturated rings. The Kier molecular flexibility index (Phi) is 4.87. The molecule has 0 aromatic carbocycles. The Morgan fingerprint density at radius 2 is 1.84 bits per heavy atom. The molecular weight excluding hydrogens is 347 g/mol. The molecule has 2 nitrogen and oxygen atoms in total. The maximum Gasteiger partial charge on any atom is 0.141 e. The van der Waals surface area contributed by atoms with Gasteiger partial charge in [0.05, 0.1) is 5.69 Å². The molecule has 0 bridgehead atoms. The number of pyridine rings is 1. The van der Waals surface area contributed by atoms with E-state index in [9.17, 15) is 0 Å². The molecular formula is C16H23IN2. The van der Waals surface area contributed by atoms with Gasteiger partial charge >= 0.3 is 0 Å². The highest BCUT2D eigenvalue weighted by Gasteiger charge is 2.17. The van der Waals surface area contributed by atoms with Crippen LogP contribution in [0, 0.1) is 17.5 Å². The summed E-state index contributed by atoms with van der Waals surface area (Å²) in [5.74, 6) is 0.648. The molecule has 0 N–H and O–H groups in total. The number of hydrogen-bond acceptors (Lipinski definition) is 1. The topological polar surface area (TPSA) is 17.3 Å². The van der Waals surface area contributed by atoms with Crippen LogP contribution in [0.2, 0.25) is 0 Å². The number of fused-ring (bicyclic) bond motifs is 1. The number of hydrogen-bond donors (Lipinski definition) is 0. The highest BCUT2D eigenvalue weighted by molar-refractivity contribution is 14.1.